The molecule has 2 heterocycles. The fraction of sp³-hybridized carbons (Fsp3) is 0.421. The monoisotopic (exact) mass is 341 g/mol. The van der Waals surface area contributed by atoms with Crippen LogP contribution in [0.5, 0.6) is 0 Å². The number of hydrogen-bond acceptors (Lipinski definition) is 3. The molecule has 2 aliphatic rings. The van der Waals surface area contributed by atoms with Crippen molar-refractivity contribution in [3.63, 3.8) is 0 Å². The predicted octanol–water partition coefficient (Wildman–Crippen LogP) is 1.58. The molecule has 3 amide bonds. The first-order valence-corrected chi connectivity index (χ1v) is 8.68. The molecule has 0 radical (unpaired) electrons. The highest BCUT2D eigenvalue weighted by atomic mass is 16.2. The van der Waals surface area contributed by atoms with Gasteiger partial charge in [-0.3, -0.25) is 19.3 Å². The molecule has 0 saturated carbocycles. The van der Waals surface area contributed by atoms with Crippen LogP contribution in [0.25, 0.3) is 5.70 Å². The number of fused-ring (bicyclic) bond motifs is 1. The lowest BCUT2D eigenvalue weighted by molar-refractivity contribution is -0.133. The highest BCUT2D eigenvalue weighted by molar-refractivity contribution is 6.10. The molecule has 1 aromatic rings. The topological polar surface area (TPSA) is 60.9 Å². The lowest BCUT2D eigenvalue weighted by Crippen LogP contribution is -2.42. The fourth-order valence-electron chi connectivity index (χ4n) is 3.38. The maximum absolute atomic E-state index is 12.7. The zero-order chi connectivity index (χ0) is 18.0. The van der Waals surface area contributed by atoms with Gasteiger partial charge < -0.3 is 9.80 Å². The number of amides is 3. The Labute approximate surface area is 147 Å². The van der Waals surface area contributed by atoms with E-state index in [1.165, 1.54) is 4.90 Å². The summed E-state index contributed by atoms with van der Waals surface area (Å²) in [5.74, 6) is -0.160. The van der Waals surface area contributed by atoms with Gasteiger partial charge in [0, 0.05) is 49.4 Å². The quantitative estimate of drug-likeness (QED) is 0.839. The molecular weight excluding hydrogens is 318 g/mol. The summed E-state index contributed by atoms with van der Waals surface area (Å²) in [6.45, 7) is 8.15. The van der Waals surface area contributed by atoms with Crippen LogP contribution in [0.1, 0.15) is 35.7 Å². The molecule has 1 saturated heterocycles. The van der Waals surface area contributed by atoms with E-state index in [-0.39, 0.29) is 24.3 Å². The molecule has 0 unspecified atom stereocenters. The summed E-state index contributed by atoms with van der Waals surface area (Å²) in [6.07, 6.45) is 1.24. The Balaban J connectivity index is 1.64. The van der Waals surface area contributed by atoms with Crippen LogP contribution in [0.3, 0.4) is 0 Å². The Bertz CT molecular complexity index is 693. The Kier molecular flexibility index (Phi) is 4.88. The second-order valence-electron chi connectivity index (χ2n) is 6.35. The minimum Gasteiger partial charge on any atom is -0.341 e. The number of benzene rings is 1. The van der Waals surface area contributed by atoms with E-state index in [4.69, 9.17) is 0 Å². The van der Waals surface area contributed by atoms with Crippen molar-refractivity contribution in [2.75, 3.05) is 32.7 Å². The Morgan fingerprint density at radius 3 is 2.20 bits per heavy atom. The van der Waals surface area contributed by atoms with Gasteiger partial charge in [-0.25, -0.2) is 0 Å². The molecular formula is C19H23N3O3. The van der Waals surface area contributed by atoms with Crippen LogP contribution in [-0.2, 0) is 9.59 Å². The van der Waals surface area contributed by atoms with Crippen LogP contribution in [0.4, 0.5) is 0 Å². The molecule has 0 bridgehead atoms. The average Bonchev–Trinajstić information content (AvgIpc) is 2.81. The van der Waals surface area contributed by atoms with Crippen molar-refractivity contribution in [3.8, 4) is 0 Å². The van der Waals surface area contributed by atoms with Gasteiger partial charge >= 0.3 is 0 Å². The molecule has 0 aromatic heterocycles. The number of carbonyl (C=O) groups is 3. The van der Waals surface area contributed by atoms with Crippen molar-refractivity contribution in [1.82, 2.24) is 14.7 Å². The predicted molar refractivity (Wildman–Crippen MR) is 94.6 cm³/mol. The van der Waals surface area contributed by atoms with Crippen LogP contribution < -0.4 is 0 Å². The van der Waals surface area contributed by atoms with E-state index >= 15 is 0 Å². The fourth-order valence-corrected chi connectivity index (χ4v) is 3.38. The van der Waals surface area contributed by atoms with Gasteiger partial charge in [0.1, 0.15) is 6.54 Å². The average molecular weight is 341 g/mol. The Hall–Kier alpha value is -2.63. The number of rotatable bonds is 3. The van der Waals surface area contributed by atoms with Crippen molar-refractivity contribution in [2.24, 2.45) is 0 Å². The van der Waals surface area contributed by atoms with Crippen LogP contribution in [0.2, 0.25) is 0 Å². The van der Waals surface area contributed by atoms with Crippen LogP contribution >= 0.6 is 0 Å². The van der Waals surface area contributed by atoms with E-state index in [0.717, 1.165) is 12.0 Å². The largest absolute Gasteiger partial charge is 0.341 e. The van der Waals surface area contributed by atoms with Crippen molar-refractivity contribution in [3.05, 3.63) is 42.0 Å². The van der Waals surface area contributed by atoms with Gasteiger partial charge in [0.15, 0.2) is 0 Å². The minimum absolute atomic E-state index is 0.00588. The first kappa shape index (κ1) is 17.2. The summed E-state index contributed by atoms with van der Waals surface area (Å²) >= 11 is 0. The third-order valence-electron chi connectivity index (χ3n) is 4.84. The van der Waals surface area contributed by atoms with E-state index in [9.17, 15) is 14.4 Å². The molecule has 0 spiro atoms. The SMILES string of the molecule is C=C1c2ccccc2C(=O)N1CC(=O)N1CCCN(C(=O)CC)CC1. The zero-order valence-electron chi connectivity index (χ0n) is 14.5. The standard InChI is InChI=1S/C19H23N3O3/c1-3-17(23)20-9-6-10-21(12-11-20)18(24)13-22-14(2)15-7-4-5-8-16(15)19(22)25/h4-5,7-8H,2-3,6,9-13H2,1H3. The molecule has 6 nitrogen and oxygen atoms in total. The molecule has 6 heteroatoms. The second kappa shape index (κ2) is 7.09. The molecule has 25 heavy (non-hydrogen) atoms. The maximum Gasteiger partial charge on any atom is 0.259 e. The van der Waals surface area contributed by atoms with Crippen molar-refractivity contribution >= 4 is 23.4 Å². The van der Waals surface area contributed by atoms with Gasteiger partial charge in [-0.1, -0.05) is 31.7 Å². The van der Waals surface area contributed by atoms with Crippen molar-refractivity contribution in [2.45, 2.75) is 19.8 Å². The smallest absolute Gasteiger partial charge is 0.259 e. The normalized spacial score (nSPS) is 17.6. The van der Waals surface area contributed by atoms with Crippen LogP contribution in [0, 0.1) is 0 Å². The minimum atomic E-state index is -0.174. The molecule has 0 aliphatic carbocycles. The zero-order valence-corrected chi connectivity index (χ0v) is 14.5. The first-order chi connectivity index (χ1) is 12.0. The van der Waals surface area contributed by atoms with Crippen molar-refractivity contribution < 1.29 is 14.4 Å². The van der Waals surface area contributed by atoms with Gasteiger partial charge in [-0.15, -0.1) is 0 Å². The van der Waals surface area contributed by atoms with Gasteiger partial charge in [-0.05, 0) is 12.5 Å². The van der Waals surface area contributed by atoms with Gasteiger partial charge in [0.2, 0.25) is 11.8 Å². The lowest BCUT2D eigenvalue weighted by Gasteiger charge is -2.25. The Morgan fingerprint density at radius 1 is 1.00 bits per heavy atom. The van der Waals surface area contributed by atoms with Gasteiger partial charge in [0.25, 0.3) is 5.91 Å². The Morgan fingerprint density at radius 2 is 1.60 bits per heavy atom. The number of hydrogen-bond donors (Lipinski definition) is 0. The molecule has 0 N–H and O–H groups in total. The number of nitrogens with zero attached hydrogens (tertiary/aromatic N) is 3. The van der Waals surface area contributed by atoms with E-state index in [1.54, 1.807) is 11.0 Å². The summed E-state index contributed by atoms with van der Waals surface area (Å²) in [5, 5.41) is 0. The van der Waals surface area contributed by atoms with Crippen LogP contribution in [-0.4, -0.2) is 65.1 Å². The highest BCUT2D eigenvalue weighted by Crippen LogP contribution is 2.30. The molecule has 132 valence electrons. The summed E-state index contributed by atoms with van der Waals surface area (Å²) in [5.41, 5.74) is 1.96. The first-order valence-electron chi connectivity index (χ1n) is 8.68. The highest BCUT2D eigenvalue weighted by Gasteiger charge is 2.33. The summed E-state index contributed by atoms with van der Waals surface area (Å²) in [7, 11) is 0. The van der Waals surface area contributed by atoms with Crippen LogP contribution in [0.15, 0.2) is 30.8 Å². The molecule has 1 fully saturated rings. The van der Waals surface area contributed by atoms with E-state index in [2.05, 4.69) is 6.58 Å². The molecule has 0 atom stereocenters. The van der Waals surface area contributed by atoms with Gasteiger partial charge in [-0.2, -0.15) is 0 Å². The summed E-state index contributed by atoms with van der Waals surface area (Å²) in [4.78, 5) is 42.0. The molecule has 2 aliphatic heterocycles. The third kappa shape index (κ3) is 3.29. The van der Waals surface area contributed by atoms with E-state index in [0.29, 0.717) is 43.9 Å². The summed E-state index contributed by atoms with van der Waals surface area (Å²) < 4.78 is 0. The van der Waals surface area contributed by atoms with Crippen molar-refractivity contribution in [1.29, 1.82) is 0 Å². The third-order valence-corrected chi connectivity index (χ3v) is 4.84. The molecule has 1 aromatic carbocycles. The maximum atomic E-state index is 12.7. The molecule has 3 rings (SSSR count). The van der Waals surface area contributed by atoms with E-state index in [1.807, 2.05) is 30.0 Å². The van der Waals surface area contributed by atoms with E-state index < -0.39 is 0 Å². The summed E-state index contributed by atoms with van der Waals surface area (Å²) in [6, 6.07) is 7.27. The second-order valence-corrected chi connectivity index (χ2v) is 6.35. The number of carbonyl (C=O) groups excluding carboxylic acids is 3. The lowest BCUT2D eigenvalue weighted by atomic mass is 10.1. The van der Waals surface area contributed by atoms with Gasteiger partial charge in [0.05, 0.1) is 0 Å².